The van der Waals surface area contributed by atoms with E-state index in [2.05, 4.69) is 5.32 Å². The van der Waals surface area contributed by atoms with Gasteiger partial charge in [-0.05, 0) is 30.9 Å². The average Bonchev–Trinajstić information content (AvgIpc) is 3.20. The van der Waals surface area contributed by atoms with E-state index in [1.807, 2.05) is 0 Å². The Balaban J connectivity index is 1.53. The van der Waals surface area contributed by atoms with Crippen molar-refractivity contribution in [2.75, 3.05) is 6.54 Å². The highest BCUT2D eigenvalue weighted by atomic mass is 19.1. The first-order valence-electron chi connectivity index (χ1n) is 6.99. The minimum absolute atomic E-state index is 0.0825. The second-order valence-electron chi connectivity index (χ2n) is 5.39. The standard InChI is InChI=1S/C15H17FN2O2/c16-12-4-2-1-3-10(12)7-8-17-13-9-14(19)18(15(13)20)11-5-6-11/h1-4,11,13,17H,5-9H2. The molecule has 20 heavy (non-hydrogen) atoms. The summed E-state index contributed by atoms with van der Waals surface area (Å²) in [6.07, 6.45) is 2.60. The minimum atomic E-state index is -0.435. The summed E-state index contributed by atoms with van der Waals surface area (Å²) >= 11 is 0. The molecule has 1 aliphatic heterocycles. The number of nitrogens with one attached hydrogen (secondary N) is 1. The Morgan fingerprint density at radius 2 is 2.00 bits per heavy atom. The maximum Gasteiger partial charge on any atom is 0.247 e. The number of carbonyl (C=O) groups is 2. The lowest BCUT2D eigenvalue weighted by molar-refractivity contribution is -0.139. The van der Waals surface area contributed by atoms with E-state index < -0.39 is 6.04 Å². The summed E-state index contributed by atoms with van der Waals surface area (Å²) < 4.78 is 13.4. The zero-order chi connectivity index (χ0) is 14.1. The topological polar surface area (TPSA) is 49.4 Å². The van der Waals surface area contributed by atoms with Crippen LogP contribution in [0.5, 0.6) is 0 Å². The molecule has 0 aromatic heterocycles. The highest BCUT2D eigenvalue weighted by Crippen LogP contribution is 2.31. The first kappa shape index (κ1) is 13.2. The molecule has 1 unspecified atom stereocenters. The molecule has 1 aliphatic carbocycles. The first-order chi connectivity index (χ1) is 9.66. The van der Waals surface area contributed by atoms with Crippen LogP contribution in [0.15, 0.2) is 24.3 Å². The van der Waals surface area contributed by atoms with E-state index in [-0.39, 0.29) is 30.1 Å². The molecule has 3 rings (SSSR count). The van der Waals surface area contributed by atoms with Crippen molar-refractivity contribution in [1.82, 2.24) is 10.2 Å². The van der Waals surface area contributed by atoms with Crippen molar-refractivity contribution in [3.63, 3.8) is 0 Å². The van der Waals surface area contributed by atoms with Crippen molar-refractivity contribution < 1.29 is 14.0 Å². The fraction of sp³-hybridized carbons (Fsp3) is 0.467. The molecule has 0 spiro atoms. The molecular weight excluding hydrogens is 259 g/mol. The van der Waals surface area contributed by atoms with Crippen molar-refractivity contribution in [3.8, 4) is 0 Å². The number of amides is 2. The quantitative estimate of drug-likeness (QED) is 0.823. The number of rotatable bonds is 5. The maximum absolute atomic E-state index is 13.4. The van der Waals surface area contributed by atoms with E-state index in [9.17, 15) is 14.0 Å². The lowest BCUT2D eigenvalue weighted by Gasteiger charge is -2.14. The van der Waals surface area contributed by atoms with Gasteiger partial charge in [-0.3, -0.25) is 14.5 Å². The molecule has 1 atom stereocenters. The number of nitrogens with zero attached hydrogens (tertiary/aromatic N) is 1. The summed E-state index contributed by atoms with van der Waals surface area (Å²) in [5, 5.41) is 3.07. The van der Waals surface area contributed by atoms with E-state index in [0.29, 0.717) is 18.5 Å². The molecule has 1 N–H and O–H groups in total. The molecule has 5 heteroatoms. The molecule has 106 valence electrons. The van der Waals surface area contributed by atoms with Crippen LogP contribution in [0.1, 0.15) is 24.8 Å². The molecule has 1 saturated heterocycles. The summed E-state index contributed by atoms with van der Waals surface area (Å²) in [5.74, 6) is -0.436. The van der Waals surface area contributed by atoms with E-state index >= 15 is 0 Å². The van der Waals surface area contributed by atoms with Crippen molar-refractivity contribution in [2.24, 2.45) is 0 Å². The van der Waals surface area contributed by atoms with Crippen LogP contribution in [-0.2, 0) is 16.0 Å². The van der Waals surface area contributed by atoms with E-state index in [1.54, 1.807) is 18.2 Å². The van der Waals surface area contributed by atoms with Crippen LogP contribution < -0.4 is 5.32 Å². The third-order valence-corrected chi connectivity index (χ3v) is 3.84. The minimum Gasteiger partial charge on any atom is -0.305 e. The lowest BCUT2D eigenvalue weighted by Crippen LogP contribution is -2.40. The maximum atomic E-state index is 13.4. The predicted molar refractivity (Wildman–Crippen MR) is 71.4 cm³/mol. The van der Waals surface area contributed by atoms with Gasteiger partial charge in [0.2, 0.25) is 11.8 Å². The number of hydrogen-bond acceptors (Lipinski definition) is 3. The zero-order valence-corrected chi connectivity index (χ0v) is 11.1. The van der Waals surface area contributed by atoms with Crippen LogP contribution in [0.4, 0.5) is 4.39 Å². The Hall–Kier alpha value is -1.75. The number of benzene rings is 1. The molecule has 2 fully saturated rings. The Morgan fingerprint density at radius 1 is 1.25 bits per heavy atom. The fourth-order valence-electron chi connectivity index (χ4n) is 2.61. The Labute approximate surface area is 117 Å². The van der Waals surface area contributed by atoms with Gasteiger partial charge >= 0.3 is 0 Å². The van der Waals surface area contributed by atoms with E-state index in [4.69, 9.17) is 0 Å². The van der Waals surface area contributed by atoms with Crippen LogP contribution in [-0.4, -0.2) is 35.3 Å². The van der Waals surface area contributed by atoms with Crippen molar-refractivity contribution >= 4 is 11.8 Å². The molecule has 0 radical (unpaired) electrons. The Bertz CT molecular complexity index is 542. The Kier molecular flexibility index (Phi) is 3.53. The summed E-state index contributed by atoms with van der Waals surface area (Å²) in [6, 6.07) is 6.29. The summed E-state index contributed by atoms with van der Waals surface area (Å²) in [4.78, 5) is 25.2. The van der Waals surface area contributed by atoms with E-state index in [1.165, 1.54) is 11.0 Å². The zero-order valence-electron chi connectivity index (χ0n) is 11.1. The van der Waals surface area contributed by atoms with Gasteiger partial charge in [0, 0.05) is 12.6 Å². The number of likely N-dealkylation sites (tertiary alicyclic amines) is 1. The summed E-state index contributed by atoms with van der Waals surface area (Å²) in [5.41, 5.74) is 0.621. The summed E-state index contributed by atoms with van der Waals surface area (Å²) in [7, 11) is 0. The van der Waals surface area contributed by atoms with Gasteiger partial charge in [-0.15, -0.1) is 0 Å². The van der Waals surface area contributed by atoms with Crippen LogP contribution in [0.2, 0.25) is 0 Å². The van der Waals surface area contributed by atoms with Crippen LogP contribution in [0.25, 0.3) is 0 Å². The molecular formula is C15H17FN2O2. The normalized spacial score (nSPS) is 22.6. The highest BCUT2D eigenvalue weighted by molar-refractivity contribution is 6.06. The van der Waals surface area contributed by atoms with Gasteiger partial charge in [-0.2, -0.15) is 0 Å². The van der Waals surface area contributed by atoms with Crippen LogP contribution >= 0.6 is 0 Å². The molecule has 4 nitrogen and oxygen atoms in total. The predicted octanol–water partition coefficient (Wildman–Crippen LogP) is 1.25. The number of carbonyl (C=O) groups excluding carboxylic acids is 2. The van der Waals surface area contributed by atoms with Crippen molar-refractivity contribution in [1.29, 1.82) is 0 Å². The van der Waals surface area contributed by atoms with Gasteiger partial charge in [0.1, 0.15) is 5.82 Å². The van der Waals surface area contributed by atoms with Gasteiger partial charge in [0.15, 0.2) is 0 Å². The second-order valence-corrected chi connectivity index (χ2v) is 5.39. The molecule has 2 amide bonds. The number of imide groups is 1. The lowest BCUT2D eigenvalue weighted by atomic mass is 10.1. The third-order valence-electron chi connectivity index (χ3n) is 3.84. The van der Waals surface area contributed by atoms with Gasteiger partial charge in [-0.25, -0.2) is 4.39 Å². The molecule has 1 saturated carbocycles. The summed E-state index contributed by atoms with van der Waals surface area (Å²) in [6.45, 7) is 0.489. The number of halogens is 1. The SMILES string of the molecule is O=C1CC(NCCc2ccccc2F)C(=O)N1C1CC1. The fourth-order valence-corrected chi connectivity index (χ4v) is 2.61. The van der Waals surface area contributed by atoms with Crippen molar-refractivity contribution in [2.45, 2.75) is 37.8 Å². The average molecular weight is 276 g/mol. The molecule has 0 bridgehead atoms. The second kappa shape index (κ2) is 5.32. The van der Waals surface area contributed by atoms with Crippen molar-refractivity contribution in [3.05, 3.63) is 35.6 Å². The van der Waals surface area contributed by atoms with Gasteiger partial charge in [0.25, 0.3) is 0 Å². The molecule has 1 aromatic rings. The highest BCUT2D eigenvalue weighted by Gasteiger charge is 2.45. The molecule has 1 aromatic carbocycles. The van der Waals surface area contributed by atoms with Gasteiger partial charge < -0.3 is 5.32 Å². The first-order valence-corrected chi connectivity index (χ1v) is 6.99. The van der Waals surface area contributed by atoms with Crippen LogP contribution in [0, 0.1) is 5.82 Å². The van der Waals surface area contributed by atoms with Gasteiger partial charge in [-0.1, -0.05) is 18.2 Å². The van der Waals surface area contributed by atoms with Gasteiger partial charge in [0.05, 0.1) is 12.5 Å². The molecule has 1 heterocycles. The molecule has 2 aliphatic rings. The van der Waals surface area contributed by atoms with Crippen LogP contribution in [0.3, 0.4) is 0 Å². The monoisotopic (exact) mass is 276 g/mol. The smallest absolute Gasteiger partial charge is 0.247 e. The number of hydrogen-bond donors (Lipinski definition) is 1. The third kappa shape index (κ3) is 2.58. The van der Waals surface area contributed by atoms with E-state index in [0.717, 1.165) is 12.8 Å². The largest absolute Gasteiger partial charge is 0.305 e. The Morgan fingerprint density at radius 3 is 2.70 bits per heavy atom.